The third-order valence-electron chi connectivity index (χ3n) is 4.20. The fourth-order valence-electron chi connectivity index (χ4n) is 2.50. The highest BCUT2D eigenvalue weighted by Crippen LogP contribution is 2.26. The summed E-state index contributed by atoms with van der Waals surface area (Å²) in [5.74, 6) is 1.52. The molecule has 0 spiro atoms. The molecule has 6 nitrogen and oxygen atoms in total. The van der Waals surface area contributed by atoms with Gasteiger partial charge in [0.1, 0.15) is 12.4 Å². The molecule has 0 atom stereocenters. The van der Waals surface area contributed by atoms with E-state index in [4.69, 9.17) is 4.74 Å². The number of anilines is 1. The monoisotopic (exact) mass is 460 g/mol. The Labute approximate surface area is 176 Å². The van der Waals surface area contributed by atoms with Crippen LogP contribution in [0.5, 0.6) is 5.75 Å². The number of carbonyl (C=O) groups excluding carboxylic acids is 1. The Morgan fingerprint density at radius 2 is 2.04 bits per heavy atom. The molecule has 1 heterocycles. The molecular formula is C20H21BrN4O2S. The maximum absolute atomic E-state index is 12.2. The highest BCUT2D eigenvalue weighted by Gasteiger charge is 2.11. The first-order valence-corrected chi connectivity index (χ1v) is 10.5. The van der Waals surface area contributed by atoms with Crippen molar-refractivity contribution < 1.29 is 9.53 Å². The van der Waals surface area contributed by atoms with Gasteiger partial charge in [0.2, 0.25) is 11.1 Å². The van der Waals surface area contributed by atoms with E-state index in [1.807, 2.05) is 57.2 Å². The van der Waals surface area contributed by atoms with Crippen LogP contribution in [0.2, 0.25) is 0 Å². The molecule has 0 aliphatic rings. The minimum absolute atomic E-state index is 0.0998. The van der Waals surface area contributed by atoms with Crippen molar-refractivity contribution in [3.8, 4) is 5.75 Å². The van der Waals surface area contributed by atoms with E-state index in [0.29, 0.717) is 17.6 Å². The number of benzene rings is 2. The Kier molecular flexibility index (Phi) is 6.74. The number of nitrogens with one attached hydrogen (secondary N) is 2. The van der Waals surface area contributed by atoms with E-state index in [-0.39, 0.29) is 11.7 Å². The van der Waals surface area contributed by atoms with E-state index < -0.39 is 0 Å². The normalized spacial score (nSPS) is 10.7. The molecule has 3 rings (SSSR count). The summed E-state index contributed by atoms with van der Waals surface area (Å²) in [5, 5.41) is 10.4. The van der Waals surface area contributed by atoms with Crippen LogP contribution < -0.4 is 10.1 Å². The van der Waals surface area contributed by atoms with E-state index in [9.17, 15) is 4.79 Å². The zero-order valence-corrected chi connectivity index (χ0v) is 18.3. The molecule has 0 fully saturated rings. The molecule has 0 bridgehead atoms. The Hall–Kier alpha value is -2.32. The molecule has 0 saturated carbocycles. The molecule has 0 unspecified atom stereocenters. The summed E-state index contributed by atoms with van der Waals surface area (Å²) in [4.78, 5) is 16.6. The summed E-state index contributed by atoms with van der Waals surface area (Å²) in [6.07, 6.45) is 0. The van der Waals surface area contributed by atoms with Crippen molar-refractivity contribution in [3.05, 3.63) is 63.4 Å². The van der Waals surface area contributed by atoms with Gasteiger partial charge in [0.05, 0.1) is 5.75 Å². The van der Waals surface area contributed by atoms with Crippen LogP contribution in [-0.2, 0) is 11.4 Å². The number of amides is 1. The van der Waals surface area contributed by atoms with Gasteiger partial charge in [-0.2, -0.15) is 0 Å². The number of hydrogen-bond acceptors (Lipinski definition) is 5. The predicted octanol–water partition coefficient (Wildman–Crippen LogP) is 4.80. The van der Waals surface area contributed by atoms with Gasteiger partial charge in [-0.3, -0.25) is 9.89 Å². The highest BCUT2D eigenvalue weighted by molar-refractivity contribution is 9.10. The molecule has 1 amide bonds. The summed E-state index contributed by atoms with van der Waals surface area (Å²) in [7, 11) is 0. The number of nitrogens with zero attached hydrogens (tertiary/aromatic N) is 2. The lowest BCUT2D eigenvalue weighted by Gasteiger charge is -2.11. The zero-order chi connectivity index (χ0) is 20.1. The number of carbonyl (C=O) groups is 1. The SMILES string of the molecule is Cc1cccc(OCc2nc(SCC(=O)Nc3ccc(Br)c(C)c3C)n[nH]2)c1. The Balaban J connectivity index is 1.50. The Morgan fingerprint density at radius 3 is 2.82 bits per heavy atom. The van der Waals surface area contributed by atoms with E-state index >= 15 is 0 Å². The lowest BCUT2D eigenvalue weighted by Crippen LogP contribution is -2.15. The summed E-state index contributed by atoms with van der Waals surface area (Å²) >= 11 is 4.77. The highest BCUT2D eigenvalue weighted by atomic mass is 79.9. The number of aryl methyl sites for hydroxylation is 1. The molecular weight excluding hydrogens is 440 g/mol. The molecule has 8 heteroatoms. The standard InChI is InChI=1S/C20H21BrN4O2S/c1-12-5-4-6-15(9-12)27-10-18-23-20(25-24-18)28-11-19(26)22-17-8-7-16(21)13(2)14(17)3/h4-9H,10-11H2,1-3H3,(H,22,26)(H,23,24,25). The van der Waals surface area contributed by atoms with E-state index in [1.165, 1.54) is 11.8 Å². The van der Waals surface area contributed by atoms with Gasteiger partial charge >= 0.3 is 0 Å². The van der Waals surface area contributed by atoms with Crippen molar-refractivity contribution in [2.24, 2.45) is 0 Å². The quantitative estimate of drug-likeness (QED) is 0.494. The van der Waals surface area contributed by atoms with E-state index in [1.54, 1.807) is 0 Å². The van der Waals surface area contributed by atoms with Crippen molar-refractivity contribution in [3.63, 3.8) is 0 Å². The second kappa shape index (κ2) is 9.25. The van der Waals surface area contributed by atoms with E-state index in [0.717, 1.165) is 32.6 Å². The van der Waals surface area contributed by atoms with Crippen LogP contribution in [0.1, 0.15) is 22.5 Å². The van der Waals surface area contributed by atoms with Crippen LogP contribution >= 0.6 is 27.7 Å². The minimum atomic E-state index is -0.0998. The van der Waals surface area contributed by atoms with Crippen LogP contribution in [-0.4, -0.2) is 26.8 Å². The van der Waals surface area contributed by atoms with Crippen molar-refractivity contribution in [2.45, 2.75) is 32.5 Å². The van der Waals surface area contributed by atoms with Crippen LogP contribution in [0.15, 0.2) is 46.0 Å². The second-order valence-electron chi connectivity index (χ2n) is 6.35. The van der Waals surface area contributed by atoms with Crippen LogP contribution in [0, 0.1) is 20.8 Å². The van der Waals surface area contributed by atoms with Gasteiger partial charge in [0.25, 0.3) is 0 Å². The van der Waals surface area contributed by atoms with Gasteiger partial charge in [-0.1, -0.05) is 39.8 Å². The molecule has 146 valence electrons. The Morgan fingerprint density at radius 1 is 1.21 bits per heavy atom. The molecule has 0 aliphatic carbocycles. The lowest BCUT2D eigenvalue weighted by atomic mass is 10.1. The largest absolute Gasteiger partial charge is 0.486 e. The van der Waals surface area contributed by atoms with Gasteiger partial charge < -0.3 is 10.1 Å². The maximum Gasteiger partial charge on any atom is 0.234 e. The number of aromatic nitrogens is 3. The number of hydrogen-bond donors (Lipinski definition) is 2. The molecule has 28 heavy (non-hydrogen) atoms. The van der Waals surface area contributed by atoms with Crippen molar-refractivity contribution in [1.82, 2.24) is 15.2 Å². The number of rotatable bonds is 7. The molecule has 2 N–H and O–H groups in total. The van der Waals surface area contributed by atoms with Crippen molar-refractivity contribution in [1.29, 1.82) is 0 Å². The summed E-state index contributed by atoms with van der Waals surface area (Å²) in [6, 6.07) is 11.6. The molecule has 3 aromatic rings. The molecule has 0 radical (unpaired) electrons. The first-order chi connectivity index (χ1) is 13.4. The number of ether oxygens (including phenoxy) is 1. The number of aromatic amines is 1. The van der Waals surface area contributed by atoms with Crippen LogP contribution in [0.25, 0.3) is 0 Å². The first-order valence-electron chi connectivity index (χ1n) is 8.71. The zero-order valence-electron chi connectivity index (χ0n) is 15.9. The van der Waals surface area contributed by atoms with Crippen LogP contribution in [0.4, 0.5) is 5.69 Å². The fraction of sp³-hybridized carbons (Fsp3) is 0.250. The lowest BCUT2D eigenvalue weighted by molar-refractivity contribution is -0.113. The van der Waals surface area contributed by atoms with Gasteiger partial charge in [0.15, 0.2) is 5.82 Å². The van der Waals surface area contributed by atoms with Gasteiger partial charge in [0, 0.05) is 10.2 Å². The smallest absolute Gasteiger partial charge is 0.234 e. The minimum Gasteiger partial charge on any atom is -0.486 e. The summed E-state index contributed by atoms with van der Waals surface area (Å²) in [6.45, 7) is 6.30. The fourth-order valence-corrected chi connectivity index (χ4v) is 3.55. The second-order valence-corrected chi connectivity index (χ2v) is 8.15. The predicted molar refractivity (Wildman–Crippen MR) is 115 cm³/mol. The number of thioether (sulfide) groups is 1. The van der Waals surface area contributed by atoms with E-state index in [2.05, 4.69) is 36.4 Å². The Bertz CT molecular complexity index is 990. The number of halogens is 1. The summed E-state index contributed by atoms with van der Waals surface area (Å²) in [5.41, 5.74) is 4.10. The average molecular weight is 461 g/mol. The topological polar surface area (TPSA) is 79.9 Å². The molecule has 0 saturated heterocycles. The molecule has 2 aromatic carbocycles. The summed E-state index contributed by atoms with van der Waals surface area (Å²) < 4.78 is 6.73. The van der Waals surface area contributed by atoms with Gasteiger partial charge in [-0.05, 0) is 61.7 Å². The van der Waals surface area contributed by atoms with Crippen molar-refractivity contribution >= 4 is 39.3 Å². The van der Waals surface area contributed by atoms with Crippen LogP contribution in [0.3, 0.4) is 0 Å². The average Bonchev–Trinajstić information content (AvgIpc) is 3.13. The van der Waals surface area contributed by atoms with Crippen molar-refractivity contribution in [2.75, 3.05) is 11.1 Å². The first kappa shape index (κ1) is 20.4. The third-order valence-corrected chi connectivity index (χ3v) is 5.91. The number of H-pyrrole nitrogens is 1. The molecule has 0 aliphatic heterocycles. The van der Waals surface area contributed by atoms with Gasteiger partial charge in [-0.25, -0.2) is 4.98 Å². The maximum atomic E-state index is 12.2. The molecule has 1 aromatic heterocycles. The third kappa shape index (κ3) is 5.36. The van der Waals surface area contributed by atoms with Gasteiger partial charge in [-0.15, -0.1) is 5.10 Å².